The highest BCUT2D eigenvalue weighted by atomic mass is 32.1. The van der Waals surface area contributed by atoms with Crippen LogP contribution in [0.3, 0.4) is 0 Å². The molecule has 2 aromatic rings. The van der Waals surface area contributed by atoms with Crippen LogP contribution in [-0.2, 0) is 0 Å². The van der Waals surface area contributed by atoms with Gasteiger partial charge in [0.05, 0.1) is 6.61 Å². The van der Waals surface area contributed by atoms with Crippen LogP contribution in [0.15, 0.2) is 42.5 Å². The second-order valence-corrected chi connectivity index (χ2v) is 4.58. The van der Waals surface area contributed by atoms with Crippen LogP contribution >= 0.6 is 12.2 Å². The van der Waals surface area contributed by atoms with Gasteiger partial charge in [0.25, 0.3) is 0 Å². The number of thiocarbonyl (C=S) groups is 1. The molecule has 0 bridgehead atoms. The molecule has 20 heavy (non-hydrogen) atoms. The number of ether oxygens (including phenoxy) is 1. The second-order valence-electron chi connectivity index (χ2n) is 4.14. The molecule has 3 N–H and O–H groups in total. The molecular formula is C15H15FN2OS. The molecule has 0 heterocycles. The highest BCUT2D eigenvalue weighted by molar-refractivity contribution is 7.80. The normalized spacial score (nSPS) is 10.1. The molecule has 0 aliphatic rings. The molecule has 0 atom stereocenters. The Kier molecular flexibility index (Phi) is 4.53. The van der Waals surface area contributed by atoms with E-state index in [1.807, 2.05) is 31.2 Å². The quantitative estimate of drug-likeness (QED) is 0.826. The Morgan fingerprint density at radius 3 is 2.40 bits per heavy atom. The monoisotopic (exact) mass is 290 g/mol. The minimum Gasteiger partial charge on any atom is -0.494 e. The molecule has 0 amide bonds. The molecule has 0 aliphatic carbocycles. The minimum absolute atomic E-state index is 0.0510. The molecule has 0 saturated carbocycles. The van der Waals surface area contributed by atoms with Crippen LogP contribution in [-0.4, -0.2) is 11.6 Å². The van der Waals surface area contributed by atoms with E-state index in [4.69, 9.17) is 22.7 Å². The number of hydrogen-bond donors (Lipinski definition) is 2. The van der Waals surface area contributed by atoms with Gasteiger partial charge >= 0.3 is 0 Å². The van der Waals surface area contributed by atoms with Crippen LogP contribution in [0.5, 0.6) is 5.75 Å². The first-order chi connectivity index (χ1) is 9.60. The van der Waals surface area contributed by atoms with Crippen molar-refractivity contribution in [2.75, 3.05) is 11.9 Å². The van der Waals surface area contributed by atoms with Gasteiger partial charge in [-0.1, -0.05) is 12.2 Å². The fourth-order valence-corrected chi connectivity index (χ4v) is 1.93. The smallest absolute Gasteiger partial charge is 0.135 e. The summed E-state index contributed by atoms with van der Waals surface area (Å²) in [4.78, 5) is 0.0510. The summed E-state index contributed by atoms with van der Waals surface area (Å²) in [5, 5.41) is 3.10. The van der Waals surface area contributed by atoms with E-state index >= 15 is 0 Å². The van der Waals surface area contributed by atoms with Gasteiger partial charge in [-0.25, -0.2) is 4.39 Å². The number of anilines is 2. The third kappa shape index (κ3) is 3.45. The van der Waals surface area contributed by atoms with Crippen molar-refractivity contribution in [2.24, 2.45) is 5.73 Å². The van der Waals surface area contributed by atoms with E-state index < -0.39 is 5.82 Å². The van der Waals surface area contributed by atoms with Crippen LogP contribution in [0.4, 0.5) is 15.8 Å². The molecule has 0 spiro atoms. The van der Waals surface area contributed by atoms with E-state index in [0.717, 1.165) is 11.4 Å². The lowest BCUT2D eigenvalue weighted by atomic mass is 10.2. The number of benzene rings is 2. The zero-order chi connectivity index (χ0) is 14.5. The van der Waals surface area contributed by atoms with Gasteiger partial charge in [0, 0.05) is 16.9 Å². The maximum Gasteiger partial charge on any atom is 0.135 e. The summed E-state index contributed by atoms with van der Waals surface area (Å²) in [6.07, 6.45) is 0. The molecule has 5 heteroatoms. The van der Waals surface area contributed by atoms with Gasteiger partial charge in [-0.3, -0.25) is 0 Å². The van der Waals surface area contributed by atoms with Crippen LogP contribution in [0, 0.1) is 5.82 Å². The SMILES string of the molecule is CCOc1ccc(Nc2ccc(C(N)=S)c(F)c2)cc1. The highest BCUT2D eigenvalue weighted by Crippen LogP contribution is 2.21. The van der Waals surface area contributed by atoms with Crippen molar-refractivity contribution in [1.29, 1.82) is 0 Å². The topological polar surface area (TPSA) is 47.3 Å². The predicted molar refractivity (Wildman–Crippen MR) is 83.2 cm³/mol. The zero-order valence-corrected chi connectivity index (χ0v) is 11.8. The Labute approximate surface area is 122 Å². The zero-order valence-electron chi connectivity index (χ0n) is 11.0. The third-order valence-electron chi connectivity index (χ3n) is 2.69. The molecule has 3 nitrogen and oxygen atoms in total. The molecule has 0 radical (unpaired) electrons. The molecule has 2 aromatic carbocycles. The first-order valence-corrected chi connectivity index (χ1v) is 6.60. The maximum absolute atomic E-state index is 13.7. The molecule has 104 valence electrons. The molecule has 0 unspecified atom stereocenters. The first kappa shape index (κ1) is 14.3. The molecule has 0 saturated heterocycles. The number of nitrogens with two attached hydrogens (primary N) is 1. The van der Waals surface area contributed by atoms with E-state index in [-0.39, 0.29) is 10.6 Å². The molecular weight excluding hydrogens is 275 g/mol. The number of hydrogen-bond acceptors (Lipinski definition) is 3. The van der Waals surface area contributed by atoms with Crippen molar-refractivity contribution in [2.45, 2.75) is 6.92 Å². The van der Waals surface area contributed by atoms with Crippen LogP contribution < -0.4 is 15.8 Å². The van der Waals surface area contributed by atoms with E-state index in [1.54, 1.807) is 12.1 Å². The summed E-state index contributed by atoms with van der Waals surface area (Å²) in [5.74, 6) is 0.362. The van der Waals surface area contributed by atoms with Crippen molar-refractivity contribution in [3.63, 3.8) is 0 Å². The average Bonchev–Trinajstić information content (AvgIpc) is 2.41. The molecule has 0 fully saturated rings. The Bertz CT molecular complexity index is 614. The van der Waals surface area contributed by atoms with Crippen molar-refractivity contribution in [3.8, 4) is 5.75 Å². The highest BCUT2D eigenvalue weighted by Gasteiger charge is 2.06. The lowest BCUT2D eigenvalue weighted by molar-refractivity contribution is 0.340. The summed E-state index contributed by atoms with van der Waals surface area (Å²) >= 11 is 4.77. The standard InChI is InChI=1S/C15H15FN2OS/c1-2-19-12-6-3-10(4-7-12)18-11-5-8-13(15(17)20)14(16)9-11/h3-9,18H,2H2,1H3,(H2,17,20). The van der Waals surface area contributed by atoms with Crippen molar-refractivity contribution >= 4 is 28.6 Å². The Balaban J connectivity index is 2.13. The Hall–Kier alpha value is -2.14. The fourth-order valence-electron chi connectivity index (χ4n) is 1.76. The van der Waals surface area contributed by atoms with Gasteiger partial charge in [0.1, 0.15) is 16.6 Å². The lowest BCUT2D eigenvalue weighted by Gasteiger charge is -2.09. The summed E-state index contributed by atoms with van der Waals surface area (Å²) in [6, 6.07) is 12.1. The molecule has 0 aromatic heterocycles. The van der Waals surface area contributed by atoms with E-state index in [2.05, 4.69) is 5.32 Å². The Morgan fingerprint density at radius 1 is 1.20 bits per heavy atom. The third-order valence-corrected chi connectivity index (χ3v) is 2.91. The van der Waals surface area contributed by atoms with E-state index in [9.17, 15) is 4.39 Å². The predicted octanol–water partition coefficient (Wildman–Crippen LogP) is 3.60. The maximum atomic E-state index is 13.7. The van der Waals surface area contributed by atoms with Crippen molar-refractivity contribution in [1.82, 2.24) is 0 Å². The van der Waals surface area contributed by atoms with Gasteiger partial charge in [0.15, 0.2) is 0 Å². The second kappa shape index (κ2) is 6.34. The van der Waals surface area contributed by atoms with E-state index in [1.165, 1.54) is 6.07 Å². The lowest BCUT2D eigenvalue weighted by Crippen LogP contribution is -2.11. The largest absolute Gasteiger partial charge is 0.494 e. The summed E-state index contributed by atoms with van der Waals surface area (Å²) in [6.45, 7) is 2.55. The summed E-state index contributed by atoms with van der Waals surface area (Å²) < 4.78 is 19.1. The van der Waals surface area contributed by atoms with Gasteiger partial charge < -0.3 is 15.8 Å². The van der Waals surface area contributed by atoms with Gasteiger partial charge in [-0.05, 0) is 49.4 Å². The number of halogens is 1. The van der Waals surface area contributed by atoms with Crippen molar-refractivity contribution in [3.05, 3.63) is 53.8 Å². The summed E-state index contributed by atoms with van der Waals surface area (Å²) in [7, 11) is 0. The number of rotatable bonds is 5. The van der Waals surface area contributed by atoms with Crippen LogP contribution in [0.1, 0.15) is 12.5 Å². The minimum atomic E-state index is -0.437. The van der Waals surface area contributed by atoms with Gasteiger partial charge in [-0.2, -0.15) is 0 Å². The van der Waals surface area contributed by atoms with Crippen LogP contribution in [0.25, 0.3) is 0 Å². The van der Waals surface area contributed by atoms with Crippen molar-refractivity contribution < 1.29 is 9.13 Å². The molecule has 0 aliphatic heterocycles. The molecule has 2 rings (SSSR count). The average molecular weight is 290 g/mol. The number of nitrogens with one attached hydrogen (secondary N) is 1. The first-order valence-electron chi connectivity index (χ1n) is 6.19. The van der Waals surface area contributed by atoms with Gasteiger partial charge in [0.2, 0.25) is 0 Å². The Morgan fingerprint density at radius 2 is 1.85 bits per heavy atom. The fraction of sp³-hybridized carbons (Fsp3) is 0.133. The van der Waals surface area contributed by atoms with Gasteiger partial charge in [-0.15, -0.1) is 0 Å². The summed E-state index contributed by atoms with van der Waals surface area (Å²) in [5.41, 5.74) is 7.14. The van der Waals surface area contributed by atoms with Crippen LogP contribution in [0.2, 0.25) is 0 Å². The van der Waals surface area contributed by atoms with E-state index in [0.29, 0.717) is 12.3 Å².